The van der Waals surface area contributed by atoms with Gasteiger partial charge in [0.15, 0.2) is 6.10 Å². The predicted molar refractivity (Wildman–Crippen MR) is 78.0 cm³/mol. The van der Waals surface area contributed by atoms with Crippen LogP contribution in [0.5, 0.6) is 11.5 Å². The summed E-state index contributed by atoms with van der Waals surface area (Å²) in [6.07, 6.45) is 2.71. The highest BCUT2D eigenvalue weighted by Gasteiger charge is 2.28. The van der Waals surface area contributed by atoms with Crippen molar-refractivity contribution in [3.63, 3.8) is 0 Å². The van der Waals surface area contributed by atoms with Gasteiger partial charge in [-0.25, -0.2) is 4.79 Å². The van der Waals surface area contributed by atoms with Crippen LogP contribution in [0.25, 0.3) is 0 Å². The largest absolute Gasteiger partial charge is 0.493 e. The molecule has 2 rings (SSSR count). The van der Waals surface area contributed by atoms with E-state index < -0.39 is 12.1 Å². The fourth-order valence-electron chi connectivity index (χ4n) is 2.53. The predicted octanol–water partition coefficient (Wildman–Crippen LogP) is 2.18. The zero-order valence-electron chi connectivity index (χ0n) is 12.3. The summed E-state index contributed by atoms with van der Waals surface area (Å²) in [5.74, 6) is 0.488. The molecule has 5 nitrogen and oxygen atoms in total. The summed E-state index contributed by atoms with van der Waals surface area (Å²) in [6, 6.07) is 3.87. The lowest BCUT2D eigenvalue weighted by atomic mass is 9.96. The first-order chi connectivity index (χ1) is 10.2. The molecule has 0 saturated heterocycles. The van der Waals surface area contributed by atoms with Gasteiger partial charge in [-0.2, -0.15) is 0 Å². The molecule has 1 aliphatic heterocycles. The Morgan fingerprint density at radius 3 is 2.95 bits per heavy atom. The molecule has 0 bridgehead atoms. The number of hydrogen-bond donors (Lipinski definition) is 2. The molecule has 0 amide bonds. The van der Waals surface area contributed by atoms with Crippen LogP contribution in [0.3, 0.4) is 0 Å². The quantitative estimate of drug-likeness (QED) is 0.754. The van der Waals surface area contributed by atoms with Gasteiger partial charge in [0.2, 0.25) is 0 Å². The summed E-state index contributed by atoms with van der Waals surface area (Å²) >= 11 is 0. The first-order valence-electron chi connectivity index (χ1n) is 7.45. The number of carbonyl (C=O) groups is 1. The SMILES string of the molecule is CCCc1c(OCCCO)ccc2c1OC(C(=O)O)CC2. The van der Waals surface area contributed by atoms with Crippen molar-refractivity contribution in [2.24, 2.45) is 0 Å². The van der Waals surface area contributed by atoms with E-state index in [1.807, 2.05) is 12.1 Å². The van der Waals surface area contributed by atoms with Crippen molar-refractivity contribution < 1.29 is 24.5 Å². The van der Waals surface area contributed by atoms with E-state index >= 15 is 0 Å². The third kappa shape index (κ3) is 3.67. The van der Waals surface area contributed by atoms with Crippen LogP contribution >= 0.6 is 0 Å². The maximum atomic E-state index is 11.1. The molecule has 0 aromatic heterocycles. The van der Waals surface area contributed by atoms with Crippen LogP contribution < -0.4 is 9.47 Å². The molecule has 1 unspecified atom stereocenters. The molecule has 5 heteroatoms. The fraction of sp³-hybridized carbons (Fsp3) is 0.562. The maximum Gasteiger partial charge on any atom is 0.344 e. The van der Waals surface area contributed by atoms with Crippen molar-refractivity contribution in [3.8, 4) is 11.5 Å². The Balaban J connectivity index is 2.28. The highest BCUT2D eigenvalue weighted by molar-refractivity contribution is 5.73. The molecule has 0 saturated carbocycles. The Morgan fingerprint density at radius 2 is 2.29 bits per heavy atom. The number of ether oxygens (including phenoxy) is 2. The van der Waals surface area contributed by atoms with E-state index in [2.05, 4.69) is 6.92 Å². The van der Waals surface area contributed by atoms with E-state index in [9.17, 15) is 4.79 Å². The van der Waals surface area contributed by atoms with Crippen molar-refractivity contribution >= 4 is 5.97 Å². The highest BCUT2D eigenvalue weighted by Crippen LogP contribution is 2.38. The standard InChI is InChI=1S/C16H22O5/c1-2-4-12-13(20-10-3-9-17)7-5-11-6-8-14(16(18)19)21-15(11)12/h5,7,14,17H,2-4,6,8-10H2,1H3,(H,18,19). The van der Waals surface area contributed by atoms with Crippen molar-refractivity contribution in [2.75, 3.05) is 13.2 Å². The Hall–Kier alpha value is -1.75. The van der Waals surface area contributed by atoms with Gasteiger partial charge in [-0.1, -0.05) is 19.4 Å². The third-order valence-corrected chi connectivity index (χ3v) is 3.57. The summed E-state index contributed by atoms with van der Waals surface area (Å²) in [5.41, 5.74) is 1.99. The topological polar surface area (TPSA) is 76.0 Å². The molecule has 1 heterocycles. The minimum absolute atomic E-state index is 0.0889. The van der Waals surface area contributed by atoms with Gasteiger partial charge in [0.25, 0.3) is 0 Å². The zero-order chi connectivity index (χ0) is 15.2. The minimum Gasteiger partial charge on any atom is -0.493 e. The van der Waals surface area contributed by atoms with E-state index in [1.165, 1.54) is 0 Å². The molecular weight excluding hydrogens is 272 g/mol. The summed E-state index contributed by atoms with van der Waals surface area (Å²) in [4.78, 5) is 11.1. The van der Waals surface area contributed by atoms with Gasteiger partial charge in [-0.05, 0) is 30.9 Å². The van der Waals surface area contributed by atoms with E-state index in [0.29, 0.717) is 31.6 Å². The van der Waals surface area contributed by atoms with Crippen LogP contribution in [-0.4, -0.2) is 35.5 Å². The van der Waals surface area contributed by atoms with Crippen molar-refractivity contribution in [1.29, 1.82) is 0 Å². The van der Waals surface area contributed by atoms with Gasteiger partial charge in [-0.3, -0.25) is 0 Å². The molecule has 0 spiro atoms. The number of benzene rings is 1. The number of fused-ring (bicyclic) bond motifs is 1. The summed E-state index contributed by atoms with van der Waals surface area (Å²) in [7, 11) is 0. The number of rotatable bonds is 7. The van der Waals surface area contributed by atoms with E-state index in [0.717, 1.165) is 29.7 Å². The van der Waals surface area contributed by atoms with Crippen LogP contribution in [0.2, 0.25) is 0 Å². The number of hydrogen-bond acceptors (Lipinski definition) is 4. The number of aliphatic hydroxyl groups excluding tert-OH is 1. The lowest BCUT2D eigenvalue weighted by Crippen LogP contribution is -2.31. The van der Waals surface area contributed by atoms with Gasteiger partial charge >= 0.3 is 5.97 Å². The summed E-state index contributed by atoms with van der Waals surface area (Å²) in [5, 5.41) is 18.0. The molecule has 116 valence electrons. The van der Waals surface area contributed by atoms with Gasteiger partial charge in [-0.15, -0.1) is 0 Å². The third-order valence-electron chi connectivity index (χ3n) is 3.57. The number of aryl methyl sites for hydroxylation is 1. The lowest BCUT2D eigenvalue weighted by Gasteiger charge is -2.26. The maximum absolute atomic E-state index is 11.1. The molecule has 1 atom stereocenters. The molecule has 0 aliphatic carbocycles. The zero-order valence-corrected chi connectivity index (χ0v) is 12.3. The molecule has 1 aromatic rings. The van der Waals surface area contributed by atoms with Crippen LogP contribution in [0, 0.1) is 0 Å². The average molecular weight is 294 g/mol. The molecule has 1 aromatic carbocycles. The molecule has 0 fully saturated rings. The number of carboxylic acid groups (broad SMARTS) is 1. The molecular formula is C16H22O5. The fourth-order valence-corrected chi connectivity index (χ4v) is 2.53. The Labute approximate surface area is 124 Å². The summed E-state index contributed by atoms with van der Waals surface area (Å²) < 4.78 is 11.4. The van der Waals surface area contributed by atoms with Crippen LogP contribution in [-0.2, 0) is 17.6 Å². The molecule has 2 N–H and O–H groups in total. The first kappa shape index (κ1) is 15.6. The number of aliphatic hydroxyl groups is 1. The lowest BCUT2D eigenvalue weighted by molar-refractivity contribution is -0.145. The summed E-state index contributed by atoms with van der Waals surface area (Å²) in [6.45, 7) is 2.59. The van der Waals surface area contributed by atoms with E-state index in [-0.39, 0.29) is 6.61 Å². The number of carboxylic acids is 1. The second kappa shape index (κ2) is 7.31. The monoisotopic (exact) mass is 294 g/mol. The number of aliphatic carboxylic acids is 1. The average Bonchev–Trinajstić information content (AvgIpc) is 2.49. The van der Waals surface area contributed by atoms with Gasteiger partial charge in [0.1, 0.15) is 11.5 Å². The molecule has 1 aliphatic rings. The second-order valence-electron chi connectivity index (χ2n) is 5.19. The van der Waals surface area contributed by atoms with Crippen LogP contribution in [0.15, 0.2) is 12.1 Å². The Kier molecular flexibility index (Phi) is 5.44. The minimum atomic E-state index is -0.922. The van der Waals surface area contributed by atoms with Crippen LogP contribution in [0.1, 0.15) is 37.3 Å². The van der Waals surface area contributed by atoms with Crippen molar-refractivity contribution in [1.82, 2.24) is 0 Å². The molecule has 0 radical (unpaired) electrons. The van der Waals surface area contributed by atoms with E-state index in [4.69, 9.17) is 19.7 Å². The first-order valence-corrected chi connectivity index (χ1v) is 7.45. The van der Waals surface area contributed by atoms with Gasteiger partial charge in [0, 0.05) is 18.6 Å². The Bertz CT molecular complexity index is 498. The van der Waals surface area contributed by atoms with Crippen molar-refractivity contribution in [3.05, 3.63) is 23.3 Å². The van der Waals surface area contributed by atoms with Crippen molar-refractivity contribution in [2.45, 2.75) is 45.1 Å². The van der Waals surface area contributed by atoms with E-state index in [1.54, 1.807) is 0 Å². The Morgan fingerprint density at radius 1 is 1.48 bits per heavy atom. The van der Waals surface area contributed by atoms with Gasteiger partial charge < -0.3 is 19.7 Å². The second-order valence-corrected chi connectivity index (χ2v) is 5.19. The molecule has 21 heavy (non-hydrogen) atoms. The van der Waals surface area contributed by atoms with Gasteiger partial charge in [0.05, 0.1) is 6.61 Å². The smallest absolute Gasteiger partial charge is 0.344 e. The normalized spacial score (nSPS) is 17.0. The highest BCUT2D eigenvalue weighted by atomic mass is 16.5. The van der Waals surface area contributed by atoms with Crippen LogP contribution in [0.4, 0.5) is 0 Å².